The molecule has 1 amide bonds. The summed E-state index contributed by atoms with van der Waals surface area (Å²) in [5.41, 5.74) is 7.84. The van der Waals surface area contributed by atoms with Crippen molar-refractivity contribution in [1.82, 2.24) is 9.88 Å². The van der Waals surface area contributed by atoms with E-state index < -0.39 is 0 Å². The third-order valence-corrected chi connectivity index (χ3v) is 4.13. The highest BCUT2D eigenvalue weighted by molar-refractivity contribution is 6.06. The first kappa shape index (κ1) is 12.2. The van der Waals surface area contributed by atoms with Gasteiger partial charge in [0.2, 0.25) is 0 Å². The first-order chi connectivity index (χ1) is 9.16. The Balaban J connectivity index is 1.90. The van der Waals surface area contributed by atoms with E-state index in [0.29, 0.717) is 12.5 Å². The van der Waals surface area contributed by atoms with Gasteiger partial charge in [0.25, 0.3) is 5.91 Å². The van der Waals surface area contributed by atoms with Crippen LogP contribution < -0.4 is 5.73 Å². The van der Waals surface area contributed by atoms with E-state index in [-0.39, 0.29) is 11.9 Å². The Morgan fingerprint density at radius 3 is 3.05 bits per heavy atom. The van der Waals surface area contributed by atoms with Crippen LogP contribution in [0.3, 0.4) is 0 Å². The van der Waals surface area contributed by atoms with Crippen LogP contribution in [0.15, 0.2) is 30.5 Å². The number of aromatic amines is 1. The molecule has 2 heterocycles. The Morgan fingerprint density at radius 1 is 1.42 bits per heavy atom. The van der Waals surface area contributed by atoms with Crippen molar-refractivity contribution in [2.75, 3.05) is 13.1 Å². The molecule has 3 N–H and O–H groups in total. The van der Waals surface area contributed by atoms with E-state index in [0.717, 1.165) is 29.4 Å². The topological polar surface area (TPSA) is 62.1 Å². The molecule has 0 aliphatic carbocycles. The van der Waals surface area contributed by atoms with Gasteiger partial charge < -0.3 is 15.6 Å². The van der Waals surface area contributed by atoms with Gasteiger partial charge in [-0.2, -0.15) is 0 Å². The number of aromatic nitrogens is 1. The molecule has 1 aromatic heterocycles. The normalized spacial score (nSPS) is 23.8. The predicted octanol–water partition coefficient (Wildman–Crippen LogP) is 1.98. The van der Waals surface area contributed by atoms with E-state index in [2.05, 4.69) is 11.9 Å². The van der Waals surface area contributed by atoms with Gasteiger partial charge in [-0.15, -0.1) is 0 Å². The van der Waals surface area contributed by atoms with Crippen molar-refractivity contribution in [1.29, 1.82) is 0 Å². The second-order valence-electron chi connectivity index (χ2n) is 5.43. The van der Waals surface area contributed by atoms with Gasteiger partial charge in [-0.1, -0.05) is 13.0 Å². The highest BCUT2D eigenvalue weighted by Gasteiger charge is 2.27. The van der Waals surface area contributed by atoms with Gasteiger partial charge in [0.05, 0.1) is 0 Å². The molecule has 100 valence electrons. The average Bonchev–Trinajstić information content (AvgIpc) is 2.89. The van der Waals surface area contributed by atoms with Crippen molar-refractivity contribution in [2.24, 2.45) is 11.7 Å². The van der Waals surface area contributed by atoms with Gasteiger partial charge in [0.15, 0.2) is 0 Å². The lowest BCUT2D eigenvalue weighted by Gasteiger charge is -2.35. The van der Waals surface area contributed by atoms with Crippen LogP contribution in [-0.2, 0) is 0 Å². The van der Waals surface area contributed by atoms with Gasteiger partial charge in [0, 0.05) is 41.8 Å². The quantitative estimate of drug-likeness (QED) is 0.820. The number of hydrogen-bond donors (Lipinski definition) is 2. The summed E-state index contributed by atoms with van der Waals surface area (Å²) in [5.74, 6) is 0.583. The summed E-state index contributed by atoms with van der Waals surface area (Å²) in [7, 11) is 0. The van der Waals surface area contributed by atoms with E-state index >= 15 is 0 Å². The molecule has 1 aromatic carbocycles. The third kappa shape index (κ3) is 2.12. The summed E-state index contributed by atoms with van der Waals surface area (Å²) in [5, 5.41) is 0.986. The van der Waals surface area contributed by atoms with Crippen LogP contribution in [0.5, 0.6) is 0 Å². The second kappa shape index (κ2) is 4.70. The van der Waals surface area contributed by atoms with E-state index in [1.54, 1.807) is 0 Å². The van der Waals surface area contributed by atoms with Crippen molar-refractivity contribution < 1.29 is 4.79 Å². The fourth-order valence-corrected chi connectivity index (χ4v) is 2.73. The van der Waals surface area contributed by atoms with E-state index in [9.17, 15) is 4.79 Å². The van der Waals surface area contributed by atoms with Crippen molar-refractivity contribution in [2.45, 2.75) is 19.4 Å². The number of fused-ring (bicyclic) bond motifs is 1. The van der Waals surface area contributed by atoms with Crippen molar-refractivity contribution in [3.8, 4) is 0 Å². The molecule has 2 aromatic rings. The zero-order valence-corrected chi connectivity index (χ0v) is 11.1. The third-order valence-electron chi connectivity index (χ3n) is 4.13. The lowest BCUT2D eigenvalue weighted by atomic mass is 9.93. The highest BCUT2D eigenvalue weighted by atomic mass is 16.2. The smallest absolute Gasteiger partial charge is 0.254 e. The molecule has 1 saturated heterocycles. The maximum absolute atomic E-state index is 12.6. The van der Waals surface area contributed by atoms with Crippen molar-refractivity contribution in [3.05, 3.63) is 36.0 Å². The first-order valence-electron chi connectivity index (χ1n) is 6.78. The number of nitrogens with one attached hydrogen (secondary N) is 1. The Labute approximate surface area is 112 Å². The maximum atomic E-state index is 12.6. The predicted molar refractivity (Wildman–Crippen MR) is 76.0 cm³/mol. The number of carbonyl (C=O) groups is 1. The minimum atomic E-state index is 0.0862. The number of carbonyl (C=O) groups excluding carboxylic acids is 1. The molecule has 19 heavy (non-hydrogen) atoms. The van der Waals surface area contributed by atoms with Crippen LogP contribution in [-0.4, -0.2) is 34.9 Å². The second-order valence-corrected chi connectivity index (χ2v) is 5.43. The Hall–Kier alpha value is -1.81. The van der Waals surface area contributed by atoms with Gasteiger partial charge in [-0.05, 0) is 30.5 Å². The van der Waals surface area contributed by atoms with Crippen LogP contribution in [0, 0.1) is 5.92 Å². The maximum Gasteiger partial charge on any atom is 0.254 e. The monoisotopic (exact) mass is 257 g/mol. The molecule has 2 unspecified atom stereocenters. The summed E-state index contributed by atoms with van der Waals surface area (Å²) >= 11 is 0. The minimum absolute atomic E-state index is 0.0862. The fourth-order valence-electron chi connectivity index (χ4n) is 2.73. The van der Waals surface area contributed by atoms with Gasteiger partial charge >= 0.3 is 0 Å². The summed E-state index contributed by atoms with van der Waals surface area (Å²) in [6, 6.07) is 7.83. The van der Waals surface area contributed by atoms with E-state index in [1.165, 1.54) is 0 Å². The lowest BCUT2D eigenvalue weighted by molar-refractivity contribution is 0.0674. The Kier molecular flexibility index (Phi) is 3.03. The van der Waals surface area contributed by atoms with Crippen LogP contribution in [0.4, 0.5) is 0 Å². The molecule has 0 saturated carbocycles. The number of amides is 1. The largest absolute Gasteiger partial charge is 0.361 e. The number of piperidine rings is 1. The number of nitrogens with zero attached hydrogens (tertiary/aromatic N) is 1. The zero-order chi connectivity index (χ0) is 13.4. The number of rotatable bonds is 1. The highest BCUT2D eigenvalue weighted by Crippen LogP contribution is 2.22. The number of hydrogen-bond acceptors (Lipinski definition) is 2. The van der Waals surface area contributed by atoms with Gasteiger partial charge in [-0.3, -0.25) is 4.79 Å². The standard InChI is InChI=1S/C15H19N3O/c1-10-6-8-18(9-13(10)16)15(19)12-3-2-4-14-11(12)5-7-17-14/h2-5,7,10,13,17H,6,8-9,16H2,1H3. The molecule has 0 spiro atoms. The molecule has 1 fully saturated rings. The van der Waals surface area contributed by atoms with Crippen LogP contribution in [0.25, 0.3) is 10.9 Å². The number of likely N-dealkylation sites (tertiary alicyclic amines) is 1. The Bertz CT molecular complexity index is 604. The lowest BCUT2D eigenvalue weighted by Crippen LogP contribution is -2.49. The molecular formula is C15H19N3O. The number of nitrogens with two attached hydrogens (primary N) is 1. The Morgan fingerprint density at radius 2 is 2.26 bits per heavy atom. The molecule has 4 nitrogen and oxygen atoms in total. The molecule has 0 radical (unpaired) electrons. The summed E-state index contributed by atoms with van der Waals surface area (Å²) < 4.78 is 0. The van der Waals surface area contributed by atoms with Crippen LogP contribution in [0.1, 0.15) is 23.7 Å². The molecule has 4 heteroatoms. The van der Waals surface area contributed by atoms with Crippen molar-refractivity contribution >= 4 is 16.8 Å². The van der Waals surface area contributed by atoms with Crippen molar-refractivity contribution in [3.63, 3.8) is 0 Å². The fraction of sp³-hybridized carbons (Fsp3) is 0.400. The SMILES string of the molecule is CC1CCN(C(=O)c2cccc3[nH]ccc23)CC1N. The summed E-state index contributed by atoms with van der Waals surface area (Å²) in [4.78, 5) is 17.6. The first-order valence-corrected chi connectivity index (χ1v) is 6.78. The van der Waals surface area contributed by atoms with E-state index in [1.807, 2.05) is 35.4 Å². The average molecular weight is 257 g/mol. The summed E-state index contributed by atoms with van der Waals surface area (Å²) in [6.45, 7) is 3.61. The molecular weight excluding hydrogens is 238 g/mol. The van der Waals surface area contributed by atoms with Gasteiger partial charge in [0.1, 0.15) is 0 Å². The molecule has 1 aliphatic heterocycles. The molecule has 0 bridgehead atoms. The summed E-state index contributed by atoms with van der Waals surface area (Å²) in [6.07, 6.45) is 2.85. The molecule has 3 rings (SSSR count). The zero-order valence-electron chi connectivity index (χ0n) is 11.1. The number of H-pyrrole nitrogens is 1. The van der Waals surface area contributed by atoms with E-state index in [4.69, 9.17) is 5.73 Å². The van der Waals surface area contributed by atoms with Crippen LogP contribution in [0.2, 0.25) is 0 Å². The van der Waals surface area contributed by atoms with Gasteiger partial charge in [-0.25, -0.2) is 0 Å². The molecule has 2 atom stereocenters. The molecule has 1 aliphatic rings. The van der Waals surface area contributed by atoms with Crippen LogP contribution >= 0.6 is 0 Å². The number of benzene rings is 1. The minimum Gasteiger partial charge on any atom is -0.361 e.